The fourth-order valence-corrected chi connectivity index (χ4v) is 2.68. The van der Waals surface area contributed by atoms with Crippen LogP contribution in [0.4, 0.5) is 0 Å². The van der Waals surface area contributed by atoms with Gasteiger partial charge in [0, 0.05) is 12.1 Å². The first-order valence-electron chi connectivity index (χ1n) is 6.35. The molecule has 0 atom stereocenters. The Kier molecular flexibility index (Phi) is 3.92. The van der Waals surface area contributed by atoms with Gasteiger partial charge in [-0.05, 0) is 19.1 Å². The number of aromatic nitrogens is 4. The van der Waals surface area contributed by atoms with Crippen molar-refractivity contribution in [3.05, 3.63) is 48.1 Å². The van der Waals surface area contributed by atoms with Gasteiger partial charge in [0.05, 0.1) is 24.2 Å². The van der Waals surface area contributed by atoms with Crippen molar-refractivity contribution in [3.63, 3.8) is 0 Å². The summed E-state index contributed by atoms with van der Waals surface area (Å²) in [6.07, 6.45) is 1.68. The SMILES string of the molecule is COc1cccc(-n2cnnc2SCc2cc(C)no2)c1. The Bertz CT molecular complexity index is 738. The van der Waals surface area contributed by atoms with E-state index in [9.17, 15) is 0 Å². The molecule has 6 nitrogen and oxygen atoms in total. The molecule has 3 rings (SSSR count). The number of hydrogen-bond acceptors (Lipinski definition) is 6. The Labute approximate surface area is 126 Å². The fraction of sp³-hybridized carbons (Fsp3) is 0.214. The van der Waals surface area contributed by atoms with Crippen LogP contribution in [0.15, 0.2) is 46.3 Å². The first kappa shape index (κ1) is 13.7. The molecule has 0 saturated carbocycles. The molecule has 2 heterocycles. The van der Waals surface area contributed by atoms with E-state index in [2.05, 4.69) is 15.4 Å². The maximum Gasteiger partial charge on any atom is 0.196 e. The summed E-state index contributed by atoms with van der Waals surface area (Å²) >= 11 is 1.54. The lowest BCUT2D eigenvalue weighted by molar-refractivity contribution is 0.391. The molecule has 21 heavy (non-hydrogen) atoms. The normalized spacial score (nSPS) is 10.8. The molecular formula is C14H14N4O2S. The molecule has 0 unspecified atom stereocenters. The van der Waals surface area contributed by atoms with Crippen molar-refractivity contribution in [2.45, 2.75) is 17.8 Å². The van der Waals surface area contributed by atoms with Crippen molar-refractivity contribution >= 4 is 11.8 Å². The van der Waals surface area contributed by atoms with Crippen LogP contribution in [0.5, 0.6) is 5.75 Å². The van der Waals surface area contributed by atoms with Gasteiger partial charge < -0.3 is 9.26 Å². The Morgan fingerprint density at radius 2 is 2.24 bits per heavy atom. The van der Waals surface area contributed by atoms with E-state index < -0.39 is 0 Å². The van der Waals surface area contributed by atoms with E-state index in [0.29, 0.717) is 5.75 Å². The lowest BCUT2D eigenvalue weighted by Crippen LogP contribution is -1.96. The second-order valence-corrected chi connectivity index (χ2v) is 5.35. The molecule has 0 fully saturated rings. The van der Waals surface area contributed by atoms with Gasteiger partial charge in [0.1, 0.15) is 17.8 Å². The van der Waals surface area contributed by atoms with Gasteiger partial charge >= 0.3 is 0 Å². The number of nitrogens with zero attached hydrogens (tertiary/aromatic N) is 4. The number of methoxy groups -OCH3 is 1. The Morgan fingerprint density at radius 3 is 3.00 bits per heavy atom. The number of aryl methyl sites for hydroxylation is 1. The van der Waals surface area contributed by atoms with Crippen LogP contribution in [0, 0.1) is 6.92 Å². The summed E-state index contributed by atoms with van der Waals surface area (Å²) in [5.74, 6) is 2.27. The third kappa shape index (κ3) is 3.08. The van der Waals surface area contributed by atoms with Crippen LogP contribution >= 0.6 is 11.8 Å². The highest BCUT2D eigenvalue weighted by molar-refractivity contribution is 7.98. The van der Waals surface area contributed by atoms with Gasteiger partial charge in [0.15, 0.2) is 5.16 Å². The topological polar surface area (TPSA) is 66.0 Å². The molecule has 108 valence electrons. The summed E-state index contributed by atoms with van der Waals surface area (Å²) in [5, 5.41) is 12.8. The molecule has 0 aliphatic carbocycles. The minimum atomic E-state index is 0.656. The Balaban J connectivity index is 1.80. The molecule has 0 spiro atoms. The minimum absolute atomic E-state index is 0.656. The summed E-state index contributed by atoms with van der Waals surface area (Å²) in [5.41, 5.74) is 1.83. The second kappa shape index (κ2) is 6.01. The summed E-state index contributed by atoms with van der Waals surface area (Å²) < 4.78 is 12.4. The minimum Gasteiger partial charge on any atom is -0.497 e. The average Bonchev–Trinajstić information content (AvgIpc) is 3.14. The third-order valence-corrected chi connectivity index (χ3v) is 3.83. The highest BCUT2D eigenvalue weighted by Gasteiger charge is 2.10. The highest BCUT2D eigenvalue weighted by Crippen LogP contribution is 2.25. The van der Waals surface area contributed by atoms with Crippen molar-refractivity contribution in [3.8, 4) is 11.4 Å². The fourth-order valence-electron chi connectivity index (χ4n) is 1.88. The standard InChI is InChI=1S/C14H14N4O2S/c1-10-6-13(20-17-10)8-21-14-16-15-9-18(14)11-4-3-5-12(7-11)19-2/h3-7,9H,8H2,1-2H3. The predicted octanol–water partition coefficient (Wildman–Crippen LogP) is 2.86. The van der Waals surface area contributed by atoms with Gasteiger partial charge in [-0.15, -0.1) is 10.2 Å². The number of hydrogen-bond donors (Lipinski definition) is 0. The van der Waals surface area contributed by atoms with E-state index in [1.54, 1.807) is 25.2 Å². The summed E-state index contributed by atoms with van der Waals surface area (Å²) in [6, 6.07) is 9.67. The van der Waals surface area contributed by atoms with E-state index in [0.717, 1.165) is 28.0 Å². The largest absolute Gasteiger partial charge is 0.497 e. The maximum atomic E-state index is 5.24. The zero-order valence-electron chi connectivity index (χ0n) is 11.7. The van der Waals surface area contributed by atoms with Gasteiger partial charge in [-0.25, -0.2) is 0 Å². The van der Waals surface area contributed by atoms with Crippen LogP contribution in [0.2, 0.25) is 0 Å². The Morgan fingerprint density at radius 1 is 1.33 bits per heavy atom. The van der Waals surface area contributed by atoms with Crippen molar-refractivity contribution < 1.29 is 9.26 Å². The van der Waals surface area contributed by atoms with Crippen LogP contribution in [0.25, 0.3) is 5.69 Å². The second-order valence-electron chi connectivity index (χ2n) is 4.41. The molecule has 0 aliphatic heterocycles. The van der Waals surface area contributed by atoms with Crippen LogP contribution in [-0.2, 0) is 5.75 Å². The zero-order chi connectivity index (χ0) is 14.7. The first-order valence-corrected chi connectivity index (χ1v) is 7.34. The van der Waals surface area contributed by atoms with Crippen molar-refractivity contribution in [2.24, 2.45) is 0 Å². The van der Waals surface area contributed by atoms with E-state index in [1.165, 1.54) is 0 Å². The molecule has 2 aromatic heterocycles. The first-order chi connectivity index (χ1) is 10.3. The van der Waals surface area contributed by atoms with Crippen LogP contribution in [0.1, 0.15) is 11.5 Å². The van der Waals surface area contributed by atoms with Crippen molar-refractivity contribution in [1.82, 2.24) is 19.9 Å². The number of thioether (sulfide) groups is 1. The van der Waals surface area contributed by atoms with Crippen LogP contribution < -0.4 is 4.74 Å². The maximum absolute atomic E-state index is 5.24. The van der Waals surface area contributed by atoms with E-state index >= 15 is 0 Å². The lowest BCUT2D eigenvalue weighted by atomic mass is 10.3. The molecule has 0 radical (unpaired) electrons. The Hall–Kier alpha value is -2.28. The van der Waals surface area contributed by atoms with Crippen molar-refractivity contribution in [2.75, 3.05) is 7.11 Å². The molecule has 0 amide bonds. The zero-order valence-corrected chi connectivity index (χ0v) is 12.5. The number of benzene rings is 1. The lowest BCUT2D eigenvalue weighted by Gasteiger charge is -2.07. The molecule has 0 saturated heterocycles. The molecule has 7 heteroatoms. The smallest absolute Gasteiger partial charge is 0.196 e. The monoisotopic (exact) mass is 302 g/mol. The van der Waals surface area contributed by atoms with Crippen molar-refractivity contribution in [1.29, 1.82) is 0 Å². The van der Waals surface area contributed by atoms with E-state index in [4.69, 9.17) is 9.26 Å². The van der Waals surface area contributed by atoms with Crippen LogP contribution in [0.3, 0.4) is 0 Å². The third-order valence-electron chi connectivity index (χ3n) is 2.87. The quantitative estimate of drug-likeness (QED) is 0.675. The molecule has 1 aromatic carbocycles. The van der Waals surface area contributed by atoms with E-state index in [-0.39, 0.29) is 0 Å². The van der Waals surface area contributed by atoms with Gasteiger partial charge in [-0.3, -0.25) is 4.57 Å². The summed E-state index contributed by atoms with van der Waals surface area (Å²) in [7, 11) is 1.65. The number of rotatable bonds is 5. The van der Waals surface area contributed by atoms with Gasteiger partial charge in [-0.2, -0.15) is 0 Å². The highest BCUT2D eigenvalue weighted by atomic mass is 32.2. The summed E-state index contributed by atoms with van der Waals surface area (Å²) in [4.78, 5) is 0. The summed E-state index contributed by atoms with van der Waals surface area (Å²) in [6.45, 7) is 1.90. The van der Waals surface area contributed by atoms with Crippen LogP contribution in [-0.4, -0.2) is 27.0 Å². The molecule has 0 N–H and O–H groups in total. The molecule has 0 bridgehead atoms. The average molecular weight is 302 g/mol. The predicted molar refractivity (Wildman–Crippen MR) is 78.7 cm³/mol. The number of ether oxygens (including phenoxy) is 1. The molecular weight excluding hydrogens is 288 g/mol. The molecule has 3 aromatic rings. The van der Waals surface area contributed by atoms with Gasteiger partial charge in [-0.1, -0.05) is 23.0 Å². The van der Waals surface area contributed by atoms with Gasteiger partial charge in [0.25, 0.3) is 0 Å². The van der Waals surface area contributed by atoms with Gasteiger partial charge in [0.2, 0.25) is 0 Å². The van der Waals surface area contributed by atoms with E-state index in [1.807, 2.05) is 41.8 Å². The molecule has 0 aliphatic rings.